The van der Waals surface area contributed by atoms with Crippen LogP contribution >= 0.6 is 11.3 Å². The first kappa shape index (κ1) is 29.7. The summed E-state index contributed by atoms with van der Waals surface area (Å²) < 4.78 is 7.34. The van der Waals surface area contributed by atoms with Crippen molar-refractivity contribution in [2.45, 2.75) is 72.1 Å². The number of benzene rings is 3. The average Bonchev–Trinajstić information content (AvgIpc) is 3.37. The first-order chi connectivity index (χ1) is 19.1. The zero-order valence-electron chi connectivity index (χ0n) is 24.8. The van der Waals surface area contributed by atoms with Gasteiger partial charge in [0.05, 0.1) is 27.3 Å². The molecule has 0 aliphatic rings. The van der Waals surface area contributed by atoms with E-state index >= 15 is 0 Å². The third-order valence-corrected chi connectivity index (χ3v) is 13.8. The zero-order valence-corrected chi connectivity index (χ0v) is 26.6. The maximum atomic E-state index is 9.99. The summed E-state index contributed by atoms with van der Waals surface area (Å²) in [4.78, 5) is 7.94. The summed E-state index contributed by atoms with van der Waals surface area (Å²) >= 11 is 1.64. The van der Waals surface area contributed by atoms with Gasteiger partial charge < -0.3 is 9.33 Å². The number of nitriles is 1. The molecule has 1 unspecified atom stereocenters. The number of hydrogen-bond acceptors (Lipinski definition) is 5. The minimum Gasteiger partial charge on any atom is -0.405 e. The molecule has 0 spiro atoms. The van der Waals surface area contributed by atoms with Gasteiger partial charge in [-0.15, -0.1) is 11.3 Å². The van der Waals surface area contributed by atoms with Crippen LogP contribution in [0, 0.1) is 18.3 Å². The third-order valence-electron chi connectivity index (χ3n) is 7.63. The van der Waals surface area contributed by atoms with E-state index in [4.69, 9.17) is 4.43 Å². The van der Waals surface area contributed by atoms with Gasteiger partial charge in [0, 0.05) is 18.7 Å². The molecule has 0 saturated carbocycles. The summed E-state index contributed by atoms with van der Waals surface area (Å²) in [7, 11) is -2.64. The van der Waals surface area contributed by atoms with E-state index in [2.05, 4.69) is 124 Å². The number of hydrogen-bond donors (Lipinski definition) is 0. The Balaban J connectivity index is 1.66. The SMILES string of the molecule is Cc1ncsc1-c1ccc(C#N)c(N(CCC(C)O[Si](c2ccccc2)(c2ccccc2)C(C)(C)C)C(C)C)c1. The molecule has 0 saturated heterocycles. The molecule has 0 aliphatic heterocycles. The quantitative estimate of drug-likeness (QED) is 0.186. The Morgan fingerprint density at radius 2 is 1.55 bits per heavy atom. The molecule has 0 radical (unpaired) electrons. The van der Waals surface area contributed by atoms with E-state index in [1.807, 2.05) is 24.6 Å². The van der Waals surface area contributed by atoms with Gasteiger partial charge in [-0.2, -0.15) is 5.26 Å². The van der Waals surface area contributed by atoms with Crippen LogP contribution in [0.2, 0.25) is 5.04 Å². The van der Waals surface area contributed by atoms with Crippen LogP contribution in [0.5, 0.6) is 0 Å². The molecular weight excluding hydrogens is 527 g/mol. The first-order valence-corrected chi connectivity index (χ1v) is 16.9. The summed E-state index contributed by atoms with van der Waals surface area (Å²) in [6.45, 7) is 16.4. The Morgan fingerprint density at radius 1 is 0.950 bits per heavy atom. The van der Waals surface area contributed by atoms with E-state index in [0.717, 1.165) is 34.8 Å². The minimum atomic E-state index is -2.64. The molecule has 0 amide bonds. The molecule has 4 aromatic rings. The predicted octanol–water partition coefficient (Wildman–Crippen LogP) is 7.56. The van der Waals surface area contributed by atoms with Gasteiger partial charge in [0.2, 0.25) is 0 Å². The van der Waals surface area contributed by atoms with Crippen molar-refractivity contribution in [3.63, 3.8) is 0 Å². The smallest absolute Gasteiger partial charge is 0.261 e. The van der Waals surface area contributed by atoms with Gasteiger partial charge in [-0.05, 0) is 67.2 Å². The lowest BCUT2D eigenvalue weighted by Crippen LogP contribution is -2.67. The molecule has 3 aromatic carbocycles. The lowest BCUT2D eigenvalue weighted by atomic mass is 10.0. The summed E-state index contributed by atoms with van der Waals surface area (Å²) in [5.74, 6) is 0. The fraction of sp³-hybridized carbons (Fsp3) is 0.353. The molecule has 1 heterocycles. The van der Waals surface area contributed by atoms with E-state index < -0.39 is 8.32 Å². The highest BCUT2D eigenvalue weighted by Gasteiger charge is 2.51. The number of rotatable bonds is 10. The van der Waals surface area contributed by atoms with Gasteiger partial charge in [-0.3, -0.25) is 0 Å². The molecule has 4 rings (SSSR count). The molecule has 6 heteroatoms. The van der Waals surface area contributed by atoms with Crippen LogP contribution in [0.3, 0.4) is 0 Å². The Labute approximate surface area is 245 Å². The van der Waals surface area contributed by atoms with Crippen LogP contribution in [0.4, 0.5) is 5.69 Å². The van der Waals surface area contributed by atoms with Crippen LogP contribution in [0.1, 0.15) is 59.2 Å². The van der Waals surface area contributed by atoms with E-state index in [-0.39, 0.29) is 17.2 Å². The Bertz CT molecular complexity index is 1400. The largest absolute Gasteiger partial charge is 0.405 e. The maximum Gasteiger partial charge on any atom is 0.261 e. The summed E-state index contributed by atoms with van der Waals surface area (Å²) in [6.07, 6.45) is 0.863. The highest BCUT2D eigenvalue weighted by Crippen LogP contribution is 2.38. The van der Waals surface area contributed by atoms with Crippen LogP contribution in [0.15, 0.2) is 84.4 Å². The van der Waals surface area contributed by atoms with Crippen molar-refractivity contribution in [1.82, 2.24) is 4.98 Å². The topological polar surface area (TPSA) is 49.2 Å². The summed E-state index contributed by atoms with van der Waals surface area (Å²) in [6, 6.07) is 30.4. The number of thiazole rings is 1. The molecule has 0 bridgehead atoms. The van der Waals surface area contributed by atoms with Gasteiger partial charge in [0.15, 0.2) is 0 Å². The molecule has 1 atom stereocenters. The van der Waals surface area contributed by atoms with Crippen molar-refractivity contribution in [1.29, 1.82) is 5.26 Å². The molecule has 0 aliphatic carbocycles. The summed E-state index contributed by atoms with van der Waals surface area (Å²) in [5, 5.41) is 12.5. The van der Waals surface area contributed by atoms with Crippen LogP contribution in [0.25, 0.3) is 10.4 Å². The monoisotopic (exact) mass is 567 g/mol. The van der Waals surface area contributed by atoms with Gasteiger partial charge in [0.1, 0.15) is 6.07 Å². The standard InChI is InChI=1S/C34H41N3OSSi/c1-25(2)37(32-22-28(18-19-29(32)23-35)33-27(4)36-24-39-33)21-20-26(3)38-40(34(5,6)7,30-14-10-8-11-15-30)31-16-12-9-13-17-31/h8-19,22,24-26H,20-21H2,1-7H3. The number of aromatic nitrogens is 1. The van der Waals surface area contributed by atoms with Crippen LogP contribution < -0.4 is 15.3 Å². The van der Waals surface area contributed by atoms with E-state index in [9.17, 15) is 5.26 Å². The molecule has 4 nitrogen and oxygen atoms in total. The zero-order chi connectivity index (χ0) is 28.9. The number of aryl methyl sites for hydroxylation is 1. The van der Waals surface area contributed by atoms with Gasteiger partial charge in [-0.1, -0.05) is 87.5 Å². The van der Waals surface area contributed by atoms with E-state index in [1.54, 1.807) is 11.3 Å². The highest BCUT2D eigenvalue weighted by molar-refractivity contribution is 7.13. The van der Waals surface area contributed by atoms with E-state index in [0.29, 0.717) is 5.56 Å². The fourth-order valence-electron chi connectivity index (χ4n) is 5.61. The second-order valence-electron chi connectivity index (χ2n) is 11.8. The molecular formula is C34H41N3OSSi. The van der Waals surface area contributed by atoms with Crippen molar-refractivity contribution in [3.05, 3.63) is 95.6 Å². The molecule has 40 heavy (non-hydrogen) atoms. The summed E-state index contributed by atoms with van der Waals surface area (Å²) in [5.41, 5.74) is 5.67. The van der Waals surface area contributed by atoms with Crippen molar-refractivity contribution in [3.8, 4) is 16.5 Å². The second kappa shape index (κ2) is 12.5. The average molecular weight is 568 g/mol. The van der Waals surface area contributed by atoms with Gasteiger partial charge >= 0.3 is 0 Å². The van der Waals surface area contributed by atoms with Gasteiger partial charge in [-0.25, -0.2) is 4.98 Å². The van der Waals surface area contributed by atoms with Crippen molar-refractivity contribution < 1.29 is 4.43 Å². The number of nitrogens with zero attached hydrogens (tertiary/aromatic N) is 3. The van der Waals surface area contributed by atoms with Crippen LogP contribution in [-0.2, 0) is 4.43 Å². The Hall–Kier alpha value is -3.24. The van der Waals surface area contributed by atoms with E-state index in [1.165, 1.54) is 10.4 Å². The fourth-order valence-corrected chi connectivity index (χ4v) is 11.2. The lowest BCUT2D eigenvalue weighted by molar-refractivity contribution is 0.197. The molecule has 1 aromatic heterocycles. The predicted molar refractivity (Wildman–Crippen MR) is 172 cm³/mol. The van der Waals surface area contributed by atoms with Gasteiger partial charge in [0.25, 0.3) is 8.32 Å². The minimum absolute atomic E-state index is 0.0185. The first-order valence-electron chi connectivity index (χ1n) is 14.1. The van der Waals surface area contributed by atoms with Crippen LogP contribution in [-0.4, -0.2) is 32.0 Å². The maximum absolute atomic E-state index is 9.99. The van der Waals surface area contributed by atoms with Crippen molar-refractivity contribution >= 4 is 35.7 Å². The third kappa shape index (κ3) is 6.07. The Morgan fingerprint density at radius 3 is 2.02 bits per heavy atom. The molecule has 208 valence electrons. The second-order valence-corrected chi connectivity index (χ2v) is 16.9. The number of anilines is 1. The van der Waals surface area contributed by atoms with Crippen molar-refractivity contribution in [2.75, 3.05) is 11.4 Å². The normalized spacial score (nSPS) is 12.8. The Kier molecular flexibility index (Phi) is 9.30. The molecule has 0 N–H and O–H groups in total. The van der Waals surface area contributed by atoms with Crippen molar-refractivity contribution in [2.24, 2.45) is 0 Å². The highest BCUT2D eigenvalue weighted by atomic mass is 32.1. The lowest BCUT2D eigenvalue weighted by Gasteiger charge is -2.45. The molecule has 0 fully saturated rings.